The molecule has 110 valence electrons. The van der Waals surface area contributed by atoms with Gasteiger partial charge in [0.1, 0.15) is 0 Å². The minimum atomic E-state index is -0.251. The van der Waals surface area contributed by atoms with E-state index >= 15 is 0 Å². The molecule has 2 unspecified atom stereocenters. The van der Waals surface area contributed by atoms with Crippen LogP contribution in [0.15, 0.2) is 0 Å². The van der Waals surface area contributed by atoms with E-state index in [4.69, 9.17) is 4.84 Å². The summed E-state index contributed by atoms with van der Waals surface area (Å²) in [6.07, 6.45) is 2.95. The zero-order chi connectivity index (χ0) is 14.6. The van der Waals surface area contributed by atoms with Gasteiger partial charge in [-0.05, 0) is 30.6 Å². The Labute approximate surface area is 115 Å². The molecule has 2 atom stereocenters. The van der Waals surface area contributed by atoms with Crippen LogP contribution >= 0.6 is 0 Å². The Morgan fingerprint density at radius 3 is 2.53 bits per heavy atom. The van der Waals surface area contributed by atoms with E-state index in [2.05, 4.69) is 26.1 Å². The van der Waals surface area contributed by atoms with Crippen LogP contribution in [0.1, 0.15) is 40.0 Å². The van der Waals surface area contributed by atoms with Gasteiger partial charge in [-0.2, -0.15) is 0 Å². The van der Waals surface area contributed by atoms with E-state index in [1.54, 1.807) is 0 Å². The van der Waals surface area contributed by atoms with Crippen molar-refractivity contribution in [3.63, 3.8) is 0 Å². The van der Waals surface area contributed by atoms with Crippen LogP contribution in [0.25, 0.3) is 0 Å². The smallest absolute Gasteiger partial charge is 0.265 e. The van der Waals surface area contributed by atoms with Crippen LogP contribution in [0.2, 0.25) is 0 Å². The fourth-order valence-electron chi connectivity index (χ4n) is 3.07. The fraction of sp³-hybridized carbons (Fsp3) is 0.857. The molecule has 5 heteroatoms. The highest BCUT2D eigenvalue weighted by Crippen LogP contribution is 2.41. The van der Waals surface area contributed by atoms with E-state index in [1.807, 2.05) is 0 Å². The van der Waals surface area contributed by atoms with Gasteiger partial charge in [0, 0.05) is 13.0 Å². The zero-order valence-electron chi connectivity index (χ0n) is 12.7. The van der Waals surface area contributed by atoms with Gasteiger partial charge in [0.2, 0.25) is 5.91 Å². The summed E-state index contributed by atoms with van der Waals surface area (Å²) in [5, 5.41) is 3.83. The van der Waals surface area contributed by atoms with Gasteiger partial charge < -0.3 is 5.32 Å². The van der Waals surface area contributed by atoms with Crippen molar-refractivity contribution in [3.05, 3.63) is 0 Å². The summed E-state index contributed by atoms with van der Waals surface area (Å²) in [6, 6.07) is 0. The molecular formula is C14H26N2O3. The van der Waals surface area contributed by atoms with Crippen LogP contribution < -0.4 is 5.32 Å². The lowest BCUT2D eigenvalue weighted by atomic mass is 9.68. The maximum absolute atomic E-state index is 12.1. The third kappa shape index (κ3) is 4.82. The summed E-state index contributed by atoms with van der Waals surface area (Å²) in [7, 11) is 2.95. The summed E-state index contributed by atoms with van der Waals surface area (Å²) < 4.78 is 0. The lowest BCUT2D eigenvalue weighted by molar-refractivity contribution is -0.168. The predicted molar refractivity (Wildman–Crippen MR) is 73.1 cm³/mol. The molecule has 0 saturated heterocycles. The Hall–Kier alpha value is -1.10. The second-order valence-corrected chi connectivity index (χ2v) is 6.40. The summed E-state index contributed by atoms with van der Waals surface area (Å²) in [4.78, 5) is 28.4. The SMILES string of the molecule is CON(C)C(=O)CNC(=O)C1CC(C)CC(C)(C)C1. The van der Waals surface area contributed by atoms with Gasteiger partial charge in [0.05, 0.1) is 13.7 Å². The molecule has 0 aromatic rings. The van der Waals surface area contributed by atoms with Gasteiger partial charge in [-0.1, -0.05) is 20.8 Å². The first-order valence-corrected chi connectivity index (χ1v) is 6.83. The lowest BCUT2D eigenvalue weighted by Crippen LogP contribution is -2.42. The topological polar surface area (TPSA) is 58.6 Å². The summed E-state index contributed by atoms with van der Waals surface area (Å²) in [6.45, 7) is 6.58. The number of hydrogen-bond acceptors (Lipinski definition) is 3. The van der Waals surface area contributed by atoms with Gasteiger partial charge in [0.25, 0.3) is 5.91 Å². The molecule has 1 aliphatic rings. The molecule has 1 saturated carbocycles. The van der Waals surface area contributed by atoms with Crippen molar-refractivity contribution < 1.29 is 14.4 Å². The predicted octanol–water partition coefficient (Wildman–Crippen LogP) is 1.58. The van der Waals surface area contributed by atoms with Crippen LogP contribution in [-0.2, 0) is 14.4 Å². The summed E-state index contributed by atoms with van der Waals surface area (Å²) in [5.41, 5.74) is 0.201. The Kier molecular flexibility index (Phi) is 5.35. The second kappa shape index (κ2) is 6.37. The molecule has 0 aliphatic heterocycles. The average molecular weight is 270 g/mol. The minimum absolute atomic E-state index is 0.00547. The molecule has 0 aromatic carbocycles. The van der Waals surface area contributed by atoms with E-state index < -0.39 is 0 Å². The van der Waals surface area contributed by atoms with E-state index in [1.165, 1.54) is 14.2 Å². The van der Waals surface area contributed by atoms with E-state index in [0.29, 0.717) is 5.92 Å². The van der Waals surface area contributed by atoms with Gasteiger partial charge in [-0.3, -0.25) is 14.4 Å². The monoisotopic (exact) mass is 270 g/mol. The maximum atomic E-state index is 12.1. The van der Waals surface area contributed by atoms with E-state index in [0.717, 1.165) is 24.3 Å². The first kappa shape index (κ1) is 16.0. The number of carbonyl (C=O) groups excluding carboxylic acids is 2. The fourth-order valence-corrected chi connectivity index (χ4v) is 3.07. The van der Waals surface area contributed by atoms with Crippen molar-refractivity contribution >= 4 is 11.8 Å². The number of likely N-dealkylation sites (N-methyl/N-ethyl adjacent to an activating group) is 1. The zero-order valence-corrected chi connectivity index (χ0v) is 12.7. The van der Waals surface area contributed by atoms with Gasteiger partial charge in [-0.15, -0.1) is 0 Å². The van der Waals surface area contributed by atoms with Crippen molar-refractivity contribution in [2.45, 2.75) is 40.0 Å². The van der Waals surface area contributed by atoms with E-state index in [-0.39, 0.29) is 29.7 Å². The number of rotatable bonds is 4. The van der Waals surface area contributed by atoms with Crippen LogP contribution in [0.4, 0.5) is 0 Å². The number of nitrogens with one attached hydrogen (secondary N) is 1. The third-order valence-corrected chi connectivity index (χ3v) is 3.80. The minimum Gasteiger partial charge on any atom is -0.347 e. The normalized spacial score (nSPS) is 25.7. The average Bonchev–Trinajstić information content (AvgIpc) is 2.31. The maximum Gasteiger partial charge on any atom is 0.265 e. The first-order valence-electron chi connectivity index (χ1n) is 6.83. The highest BCUT2D eigenvalue weighted by atomic mass is 16.7. The molecular weight excluding hydrogens is 244 g/mol. The van der Waals surface area contributed by atoms with Crippen molar-refractivity contribution in [1.29, 1.82) is 0 Å². The summed E-state index contributed by atoms with van der Waals surface area (Å²) in [5.74, 6) is 0.299. The van der Waals surface area contributed by atoms with Crippen LogP contribution in [0.5, 0.6) is 0 Å². The number of nitrogens with zero attached hydrogens (tertiary/aromatic N) is 1. The number of carbonyl (C=O) groups is 2. The van der Waals surface area contributed by atoms with Gasteiger partial charge >= 0.3 is 0 Å². The molecule has 0 spiro atoms. The molecule has 0 radical (unpaired) electrons. The van der Waals surface area contributed by atoms with Crippen molar-refractivity contribution in [2.75, 3.05) is 20.7 Å². The van der Waals surface area contributed by atoms with Crippen molar-refractivity contribution in [1.82, 2.24) is 10.4 Å². The molecule has 0 aromatic heterocycles. The van der Waals surface area contributed by atoms with Gasteiger partial charge in [-0.25, -0.2) is 5.06 Å². The van der Waals surface area contributed by atoms with E-state index in [9.17, 15) is 9.59 Å². The third-order valence-electron chi connectivity index (χ3n) is 3.80. The number of hydroxylamine groups is 2. The Morgan fingerprint density at radius 2 is 2.00 bits per heavy atom. The molecule has 1 rings (SSSR count). The van der Waals surface area contributed by atoms with Crippen LogP contribution in [-0.4, -0.2) is 37.6 Å². The highest BCUT2D eigenvalue weighted by molar-refractivity contribution is 5.85. The molecule has 2 amide bonds. The number of hydrogen-bond donors (Lipinski definition) is 1. The van der Waals surface area contributed by atoms with Crippen LogP contribution in [0.3, 0.4) is 0 Å². The van der Waals surface area contributed by atoms with Crippen molar-refractivity contribution in [2.24, 2.45) is 17.3 Å². The number of amides is 2. The van der Waals surface area contributed by atoms with Gasteiger partial charge in [0.15, 0.2) is 0 Å². The Morgan fingerprint density at radius 1 is 1.37 bits per heavy atom. The summed E-state index contributed by atoms with van der Waals surface area (Å²) >= 11 is 0. The van der Waals surface area contributed by atoms with Crippen LogP contribution in [0, 0.1) is 17.3 Å². The lowest BCUT2D eigenvalue weighted by Gasteiger charge is -2.38. The quantitative estimate of drug-likeness (QED) is 0.789. The highest BCUT2D eigenvalue weighted by Gasteiger charge is 2.35. The standard InChI is InChI=1S/C14H26N2O3/c1-10-6-11(8-14(2,3)7-10)13(18)15-9-12(17)16(4)19-5/h10-11H,6-9H2,1-5H3,(H,15,18). The second-order valence-electron chi connectivity index (χ2n) is 6.40. The molecule has 0 heterocycles. The molecule has 1 fully saturated rings. The molecule has 1 N–H and O–H groups in total. The molecule has 19 heavy (non-hydrogen) atoms. The largest absolute Gasteiger partial charge is 0.347 e. The Balaban J connectivity index is 2.47. The Bertz CT molecular complexity index is 342. The first-order chi connectivity index (χ1) is 8.75. The molecule has 0 bridgehead atoms. The molecule has 1 aliphatic carbocycles. The van der Waals surface area contributed by atoms with Crippen molar-refractivity contribution in [3.8, 4) is 0 Å². The molecule has 5 nitrogen and oxygen atoms in total.